The number of hydrogen-bond acceptors (Lipinski definition) is 2. The van der Waals surface area contributed by atoms with Crippen molar-refractivity contribution in [2.45, 2.75) is 0 Å². The fraction of sp³-hybridized carbons (Fsp3) is 0. The van der Waals surface area contributed by atoms with Gasteiger partial charge in [-0.15, -0.1) is 0 Å². The van der Waals surface area contributed by atoms with Gasteiger partial charge in [-0.2, -0.15) is 0 Å². The topological polar surface area (TPSA) is 35.9 Å². The standard InChI is InChI=1S/C25H17ClN2/c1-15(26)28-23-12-5-4-9-22(23)25(27)21-14-13-20-17-8-3-2-7-16(17)18-10-6-11-19(21)24(18)20/h2-14,27-28H,1H2. The highest BCUT2D eigenvalue weighted by molar-refractivity contribution is 6.31. The van der Waals surface area contributed by atoms with Crippen LogP contribution in [0.4, 0.5) is 5.69 Å². The first-order chi connectivity index (χ1) is 13.6. The third-order valence-electron chi connectivity index (χ3n) is 5.28. The van der Waals surface area contributed by atoms with E-state index in [0.29, 0.717) is 10.9 Å². The molecular formula is C25H17ClN2. The quantitative estimate of drug-likeness (QED) is 0.255. The smallest absolute Gasteiger partial charge is 0.0989 e. The van der Waals surface area contributed by atoms with Crippen LogP contribution in [0.15, 0.2) is 90.6 Å². The Hall–Kier alpha value is -3.36. The fourth-order valence-corrected chi connectivity index (χ4v) is 4.23. The highest BCUT2D eigenvalue weighted by atomic mass is 35.5. The van der Waals surface area contributed by atoms with E-state index in [9.17, 15) is 0 Å². The van der Waals surface area contributed by atoms with E-state index in [1.165, 1.54) is 27.6 Å². The molecule has 2 N–H and O–H groups in total. The van der Waals surface area contributed by atoms with Crippen molar-refractivity contribution in [3.63, 3.8) is 0 Å². The molecule has 5 rings (SSSR count). The van der Waals surface area contributed by atoms with Gasteiger partial charge in [-0.3, -0.25) is 5.41 Å². The molecular weight excluding hydrogens is 364 g/mol. The molecule has 134 valence electrons. The molecule has 0 atom stereocenters. The highest BCUT2D eigenvalue weighted by Gasteiger charge is 2.23. The van der Waals surface area contributed by atoms with E-state index in [2.05, 4.69) is 66.5 Å². The summed E-state index contributed by atoms with van der Waals surface area (Å²) < 4.78 is 0. The van der Waals surface area contributed by atoms with E-state index in [-0.39, 0.29) is 0 Å². The summed E-state index contributed by atoms with van der Waals surface area (Å²) in [4.78, 5) is 0. The molecule has 0 aliphatic heterocycles. The van der Waals surface area contributed by atoms with Gasteiger partial charge < -0.3 is 5.32 Å². The monoisotopic (exact) mass is 380 g/mol. The predicted octanol–water partition coefficient (Wildman–Crippen LogP) is 7.03. The maximum Gasteiger partial charge on any atom is 0.0989 e. The molecule has 28 heavy (non-hydrogen) atoms. The van der Waals surface area contributed by atoms with Crippen LogP contribution >= 0.6 is 11.6 Å². The van der Waals surface area contributed by atoms with Gasteiger partial charge in [0.2, 0.25) is 0 Å². The SMILES string of the molecule is C=C(Cl)Nc1ccccc1C(=N)c1ccc2c3c(cccc13)-c1ccccc1-2. The largest absolute Gasteiger partial charge is 0.346 e. The van der Waals surface area contributed by atoms with Crippen LogP contribution in [0.2, 0.25) is 0 Å². The van der Waals surface area contributed by atoms with Crippen LogP contribution in [-0.4, -0.2) is 5.71 Å². The first kappa shape index (κ1) is 16.8. The normalized spacial score (nSPS) is 11.3. The molecule has 4 aromatic carbocycles. The van der Waals surface area contributed by atoms with Crippen molar-refractivity contribution < 1.29 is 0 Å². The van der Waals surface area contributed by atoms with Crippen molar-refractivity contribution in [1.29, 1.82) is 5.41 Å². The molecule has 4 aromatic rings. The lowest BCUT2D eigenvalue weighted by Crippen LogP contribution is -2.07. The summed E-state index contributed by atoms with van der Waals surface area (Å²) >= 11 is 5.96. The second kappa shape index (κ2) is 6.36. The number of anilines is 1. The average Bonchev–Trinajstić information content (AvgIpc) is 3.04. The Kier molecular flexibility index (Phi) is 3.81. The molecule has 2 nitrogen and oxygen atoms in total. The number of halogens is 1. The predicted molar refractivity (Wildman–Crippen MR) is 119 cm³/mol. The van der Waals surface area contributed by atoms with Crippen LogP contribution in [0.1, 0.15) is 11.1 Å². The summed E-state index contributed by atoms with van der Waals surface area (Å²) in [6.45, 7) is 3.71. The van der Waals surface area contributed by atoms with Crippen molar-refractivity contribution in [3.8, 4) is 22.3 Å². The van der Waals surface area contributed by atoms with Gasteiger partial charge in [-0.05, 0) is 39.1 Å². The molecule has 0 saturated carbocycles. The third kappa shape index (κ3) is 2.46. The van der Waals surface area contributed by atoms with E-state index >= 15 is 0 Å². The summed E-state index contributed by atoms with van der Waals surface area (Å²) in [6, 6.07) is 26.7. The van der Waals surface area contributed by atoms with Gasteiger partial charge in [0, 0.05) is 16.8 Å². The number of fused-ring (bicyclic) bond motifs is 3. The van der Waals surface area contributed by atoms with Gasteiger partial charge in [0.05, 0.1) is 10.9 Å². The maximum absolute atomic E-state index is 8.95. The summed E-state index contributed by atoms with van der Waals surface area (Å²) in [5.74, 6) is 0. The molecule has 0 unspecified atom stereocenters. The number of para-hydroxylation sites is 1. The van der Waals surface area contributed by atoms with Crippen LogP contribution in [0, 0.1) is 5.41 Å². The number of hydrogen-bond donors (Lipinski definition) is 2. The van der Waals surface area contributed by atoms with Crippen LogP contribution in [0.5, 0.6) is 0 Å². The molecule has 0 amide bonds. The van der Waals surface area contributed by atoms with Crippen molar-refractivity contribution in [3.05, 3.63) is 102 Å². The van der Waals surface area contributed by atoms with E-state index in [1.807, 2.05) is 24.3 Å². The van der Waals surface area contributed by atoms with Crippen LogP contribution in [0.3, 0.4) is 0 Å². The van der Waals surface area contributed by atoms with Gasteiger partial charge in [-0.25, -0.2) is 0 Å². The van der Waals surface area contributed by atoms with Crippen molar-refractivity contribution >= 4 is 33.8 Å². The van der Waals surface area contributed by atoms with E-state index in [4.69, 9.17) is 17.0 Å². The van der Waals surface area contributed by atoms with Gasteiger partial charge in [0.25, 0.3) is 0 Å². The first-order valence-electron chi connectivity index (χ1n) is 9.10. The molecule has 1 aliphatic carbocycles. The van der Waals surface area contributed by atoms with Crippen molar-refractivity contribution in [2.24, 2.45) is 0 Å². The van der Waals surface area contributed by atoms with E-state index in [1.54, 1.807) is 0 Å². The molecule has 0 bridgehead atoms. The summed E-state index contributed by atoms with van der Waals surface area (Å²) in [5.41, 5.74) is 7.92. The van der Waals surface area contributed by atoms with Gasteiger partial charge >= 0.3 is 0 Å². The number of nitrogens with one attached hydrogen (secondary N) is 2. The zero-order valence-corrected chi connectivity index (χ0v) is 15.8. The van der Waals surface area contributed by atoms with Crippen LogP contribution in [-0.2, 0) is 0 Å². The Morgan fingerprint density at radius 2 is 1.36 bits per heavy atom. The zero-order valence-electron chi connectivity index (χ0n) is 15.1. The Labute approximate surface area is 168 Å². The van der Waals surface area contributed by atoms with Crippen LogP contribution in [0.25, 0.3) is 33.0 Å². The van der Waals surface area contributed by atoms with Crippen molar-refractivity contribution in [2.75, 3.05) is 5.32 Å². The molecule has 0 fully saturated rings. The number of benzene rings is 4. The molecule has 0 spiro atoms. The minimum Gasteiger partial charge on any atom is -0.346 e. The first-order valence-corrected chi connectivity index (χ1v) is 9.48. The Morgan fingerprint density at radius 1 is 0.714 bits per heavy atom. The lowest BCUT2D eigenvalue weighted by molar-refractivity contribution is 1.45. The Bertz CT molecular complexity index is 1260. The van der Waals surface area contributed by atoms with Crippen LogP contribution < -0.4 is 5.32 Å². The van der Waals surface area contributed by atoms with E-state index < -0.39 is 0 Å². The Morgan fingerprint density at radius 3 is 2.11 bits per heavy atom. The Balaban J connectivity index is 1.72. The fourth-order valence-electron chi connectivity index (χ4n) is 4.13. The molecule has 3 heteroatoms. The zero-order chi connectivity index (χ0) is 19.3. The summed E-state index contributed by atoms with van der Waals surface area (Å²) in [5, 5.41) is 14.6. The molecule has 0 heterocycles. The average molecular weight is 381 g/mol. The third-order valence-corrected chi connectivity index (χ3v) is 5.38. The van der Waals surface area contributed by atoms with Gasteiger partial charge in [0.1, 0.15) is 0 Å². The summed E-state index contributed by atoms with van der Waals surface area (Å²) in [7, 11) is 0. The molecule has 1 aliphatic rings. The molecule has 0 saturated heterocycles. The van der Waals surface area contributed by atoms with Crippen molar-refractivity contribution in [1.82, 2.24) is 0 Å². The van der Waals surface area contributed by atoms with Gasteiger partial charge in [-0.1, -0.05) is 91.0 Å². The lowest BCUT2D eigenvalue weighted by Gasteiger charge is -2.14. The minimum atomic E-state index is 0.330. The highest BCUT2D eigenvalue weighted by Crippen LogP contribution is 2.47. The molecule has 0 aromatic heterocycles. The summed E-state index contributed by atoms with van der Waals surface area (Å²) in [6.07, 6.45) is 0. The second-order valence-electron chi connectivity index (χ2n) is 6.88. The maximum atomic E-state index is 8.95. The minimum absolute atomic E-state index is 0.330. The second-order valence-corrected chi connectivity index (χ2v) is 7.34. The van der Waals surface area contributed by atoms with Gasteiger partial charge in [0.15, 0.2) is 0 Å². The van der Waals surface area contributed by atoms with E-state index in [0.717, 1.165) is 22.2 Å². The number of rotatable bonds is 4. The molecule has 0 radical (unpaired) electrons. The lowest BCUT2D eigenvalue weighted by atomic mass is 9.92.